The van der Waals surface area contributed by atoms with E-state index in [0.717, 1.165) is 11.4 Å². The monoisotopic (exact) mass is 199 g/mol. The van der Waals surface area contributed by atoms with Crippen LogP contribution >= 0.6 is 0 Å². The van der Waals surface area contributed by atoms with Gasteiger partial charge in [0.2, 0.25) is 0 Å². The molecule has 0 saturated heterocycles. The topological polar surface area (TPSA) is 50.8 Å². The van der Waals surface area contributed by atoms with Crippen molar-refractivity contribution in [3.8, 4) is 17.5 Å². The van der Waals surface area contributed by atoms with Crippen molar-refractivity contribution in [2.45, 2.75) is 0 Å². The Kier molecular flexibility index (Phi) is 2.38. The molecule has 4 nitrogen and oxygen atoms in total. The number of benzene rings is 1. The number of hydrogen-bond donors (Lipinski definition) is 0. The molecule has 0 amide bonds. The van der Waals surface area contributed by atoms with E-state index in [1.165, 1.54) is 0 Å². The summed E-state index contributed by atoms with van der Waals surface area (Å²) in [5, 5.41) is 12.7. The number of rotatable bonds is 2. The molecule has 0 aliphatic carbocycles. The maximum atomic E-state index is 8.63. The molecule has 0 saturated carbocycles. The summed E-state index contributed by atoms with van der Waals surface area (Å²) in [6.07, 6.45) is 1.75. The summed E-state index contributed by atoms with van der Waals surface area (Å²) in [5.41, 5.74) is 1.31. The molecule has 0 aliphatic heterocycles. The Morgan fingerprint density at radius 2 is 2.00 bits per heavy atom. The van der Waals surface area contributed by atoms with Gasteiger partial charge in [-0.2, -0.15) is 10.4 Å². The molecule has 2 rings (SSSR count). The zero-order valence-corrected chi connectivity index (χ0v) is 8.21. The minimum absolute atomic E-state index is 0.408. The molecule has 0 bridgehead atoms. The summed E-state index contributed by atoms with van der Waals surface area (Å²) >= 11 is 0. The number of methoxy groups -OCH3 is 1. The first-order valence-corrected chi connectivity index (χ1v) is 4.43. The van der Waals surface area contributed by atoms with Crippen molar-refractivity contribution >= 4 is 0 Å². The molecule has 0 spiro atoms. The highest BCUT2D eigenvalue weighted by Gasteiger charge is 1.99. The first kappa shape index (κ1) is 9.28. The van der Waals surface area contributed by atoms with Crippen molar-refractivity contribution in [1.82, 2.24) is 9.78 Å². The third-order valence-corrected chi connectivity index (χ3v) is 2.04. The Bertz CT molecular complexity index is 493. The predicted molar refractivity (Wildman–Crippen MR) is 54.8 cm³/mol. The fourth-order valence-electron chi connectivity index (χ4n) is 1.26. The lowest BCUT2D eigenvalue weighted by molar-refractivity contribution is 0.414. The Balaban J connectivity index is 2.33. The third-order valence-electron chi connectivity index (χ3n) is 2.04. The molecule has 0 aliphatic rings. The van der Waals surface area contributed by atoms with Gasteiger partial charge in [-0.1, -0.05) is 0 Å². The first-order valence-electron chi connectivity index (χ1n) is 4.43. The summed E-state index contributed by atoms with van der Waals surface area (Å²) in [7, 11) is 1.62. The number of hydrogen-bond acceptors (Lipinski definition) is 3. The van der Waals surface area contributed by atoms with Crippen molar-refractivity contribution in [2.75, 3.05) is 7.11 Å². The molecular formula is C11H9N3O. The zero-order chi connectivity index (χ0) is 10.7. The van der Waals surface area contributed by atoms with Crippen LogP contribution in [0, 0.1) is 11.3 Å². The normalized spacial score (nSPS) is 9.60. The summed E-state index contributed by atoms with van der Waals surface area (Å²) in [6, 6.07) is 11.1. The second-order valence-electron chi connectivity index (χ2n) is 2.96. The number of ether oxygens (including phenoxy) is 1. The quantitative estimate of drug-likeness (QED) is 0.740. The van der Waals surface area contributed by atoms with Crippen LogP contribution in [0.3, 0.4) is 0 Å². The molecule has 0 atom stereocenters. The van der Waals surface area contributed by atoms with E-state index in [1.807, 2.05) is 30.3 Å². The molecule has 1 aromatic carbocycles. The molecule has 0 radical (unpaired) electrons. The summed E-state index contributed by atoms with van der Waals surface area (Å²) in [5.74, 6) is 0.798. The molecular weight excluding hydrogens is 190 g/mol. The molecule has 0 unspecified atom stereocenters. The first-order chi connectivity index (χ1) is 7.33. The Labute approximate surface area is 87.3 Å². The van der Waals surface area contributed by atoms with Crippen molar-refractivity contribution in [3.63, 3.8) is 0 Å². The lowest BCUT2D eigenvalue weighted by atomic mass is 10.3. The summed E-state index contributed by atoms with van der Waals surface area (Å²) in [4.78, 5) is 0. The Morgan fingerprint density at radius 1 is 1.27 bits per heavy atom. The minimum Gasteiger partial charge on any atom is -0.497 e. The molecule has 0 fully saturated rings. The average Bonchev–Trinajstić information content (AvgIpc) is 2.78. The van der Waals surface area contributed by atoms with E-state index < -0.39 is 0 Å². The second-order valence-corrected chi connectivity index (χ2v) is 2.96. The van der Waals surface area contributed by atoms with Gasteiger partial charge in [-0.15, -0.1) is 0 Å². The van der Waals surface area contributed by atoms with E-state index in [9.17, 15) is 0 Å². The van der Waals surface area contributed by atoms with Crippen molar-refractivity contribution in [3.05, 3.63) is 42.2 Å². The van der Waals surface area contributed by atoms with Crippen LogP contribution in [0.25, 0.3) is 5.69 Å². The minimum atomic E-state index is 0.408. The maximum Gasteiger partial charge on any atom is 0.162 e. The van der Waals surface area contributed by atoms with Crippen LogP contribution in [0.1, 0.15) is 5.69 Å². The zero-order valence-electron chi connectivity index (χ0n) is 8.21. The van der Waals surface area contributed by atoms with E-state index in [2.05, 4.69) is 5.10 Å². The molecule has 74 valence electrons. The molecule has 0 N–H and O–H groups in total. The summed E-state index contributed by atoms with van der Waals surface area (Å²) in [6.45, 7) is 0. The van der Waals surface area contributed by atoms with Gasteiger partial charge in [-0.25, -0.2) is 4.68 Å². The number of nitriles is 1. The molecule has 4 heteroatoms. The summed E-state index contributed by atoms with van der Waals surface area (Å²) < 4.78 is 6.70. The van der Waals surface area contributed by atoms with Gasteiger partial charge in [-0.05, 0) is 30.3 Å². The van der Waals surface area contributed by atoms with Gasteiger partial charge in [0, 0.05) is 6.20 Å². The maximum absolute atomic E-state index is 8.63. The second kappa shape index (κ2) is 3.84. The average molecular weight is 199 g/mol. The van der Waals surface area contributed by atoms with E-state index in [1.54, 1.807) is 24.1 Å². The van der Waals surface area contributed by atoms with E-state index in [0.29, 0.717) is 5.69 Å². The van der Waals surface area contributed by atoms with E-state index in [4.69, 9.17) is 10.00 Å². The molecule has 1 heterocycles. The molecule has 1 aromatic heterocycles. The van der Waals surface area contributed by atoms with Crippen LogP contribution in [0.4, 0.5) is 0 Å². The highest BCUT2D eigenvalue weighted by atomic mass is 16.5. The standard InChI is InChI=1S/C11H9N3O/c1-15-11-4-2-10(3-5-11)14-7-6-9(8-12)13-14/h2-7H,1H3. The van der Waals surface area contributed by atoms with Gasteiger partial charge >= 0.3 is 0 Å². The van der Waals surface area contributed by atoms with Gasteiger partial charge in [-0.3, -0.25) is 0 Å². The third kappa shape index (κ3) is 1.81. The van der Waals surface area contributed by atoms with Crippen LogP contribution < -0.4 is 4.74 Å². The smallest absolute Gasteiger partial charge is 0.162 e. The van der Waals surface area contributed by atoms with Crippen LogP contribution in [0.15, 0.2) is 36.5 Å². The largest absolute Gasteiger partial charge is 0.497 e. The highest BCUT2D eigenvalue weighted by molar-refractivity contribution is 5.37. The van der Waals surface area contributed by atoms with Gasteiger partial charge in [0.05, 0.1) is 12.8 Å². The highest BCUT2D eigenvalue weighted by Crippen LogP contribution is 2.14. The van der Waals surface area contributed by atoms with Crippen LogP contribution in [-0.4, -0.2) is 16.9 Å². The van der Waals surface area contributed by atoms with Gasteiger partial charge in [0.25, 0.3) is 0 Å². The van der Waals surface area contributed by atoms with Gasteiger partial charge < -0.3 is 4.74 Å². The van der Waals surface area contributed by atoms with E-state index >= 15 is 0 Å². The van der Waals surface area contributed by atoms with E-state index in [-0.39, 0.29) is 0 Å². The Hall–Kier alpha value is -2.28. The SMILES string of the molecule is COc1ccc(-n2ccc(C#N)n2)cc1. The van der Waals surface area contributed by atoms with Gasteiger partial charge in [0.1, 0.15) is 11.8 Å². The van der Waals surface area contributed by atoms with Gasteiger partial charge in [0.15, 0.2) is 5.69 Å². The Morgan fingerprint density at radius 3 is 2.53 bits per heavy atom. The number of aromatic nitrogens is 2. The predicted octanol–water partition coefficient (Wildman–Crippen LogP) is 1.75. The van der Waals surface area contributed by atoms with Crippen LogP contribution in [-0.2, 0) is 0 Å². The number of nitrogens with zero attached hydrogens (tertiary/aromatic N) is 3. The fourth-order valence-corrected chi connectivity index (χ4v) is 1.26. The van der Waals surface area contributed by atoms with Crippen molar-refractivity contribution in [1.29, 1.82) is 5.26 Å². The van der Waals surface area contributed by atoms with Crippen molar-refractivity contribution < 1.29 is 4.74 Å². The lowest BCUT2D eigenvalue weighted by Crippen LogP contribution is -1.94. The van der Waals surface area contributed by atoms with Crippen LogP contribution in [0.5, 0.6) is 5.75 Å². The van der Waals surface area contributed by atoms with Crippen LogP contribution in [0.2, 0.25) is 0 Å². The molecule has 15 heavy (non-hydrogen) atoms. The van der Waals surface area contributed by atoms with Crippen molar-refractivity contribution in [2.24, 2.45) is 0 Å². The molecule has 2 aromatic rings. The lowest BCUT2D eigenvalue weighted by Gasteiger charge is -2.02. The fraction of sp³-hybridized carbons (Fsp3) is 0.0909.